The number of aliphatic hydroxyl groups is 1. The Bertz CT molecular complexity index is 1150. The van der Waals surface area contributed by atoms with Crippen molar-refractivity contribution in [2.75, 3.05) is 18.4 Å². The number of carbonyl (C=O) groups excluding carboxylic acids is 5. The SMILES string of the molecule is CC(=O)OCc1ccc(OC2CC(O)CC(C(=O)O)O2)c(NC(=O)CCNC(=O)CCN2C(=O)C=CC2=O)c1. The number of esters is 1. The molecule has 2 aliphatic heterocycles. The van der Waals surface area contributed by atoms with Gasteiger partial charge in [0.25, 0.3) is 11.8 Å². The highest BCUT2D eigenvalue weighted by Gasteiger charge is 2.34. The second kappa shape index (κ2) is 13.5. The van der Waals surface area contributed by atoms with Gasteiger partial charge in [0.1, 0.15) is 12.4 Å². The normalized spacial score (nSPS) is 20.5. The number of imide groups is 1. The maximum Gasteiger partial charge on any atom is 0.333 e. The zero-order valence-electron chi connectivity index (χ0n) is 21.1. The van der Waals surface area contributed by atoms with Crippen molar-refractivity contribution in [2.45, 2.75) is 57.7 Å². The van der Waals surface area contributed by atoms with Crippen LogP contribution >= 0.6 is 0 Å². The molecular weight excluding hydrogens is 518 g/mol. The van der Waals surface area contributed by atoms with Crippen molar-refractivity contribution in [3.8, 4) is 5.75 Å². The Morgan fingerprint density at radius 3 is 2.46 bits per heavy atom. The highest BCUT2D eigenvalue weighted by atomic mass is 16.7. The molecule has 0 saturated carbocycles. The Hall–Kier alpha value is -4.30. The zero-order valence-corrected chi connectivity index (χ0v) is 21.1. The van der Waals surface area contributed by atoms with Crippen LogP contribution < -0.4 is 15.4 Å². The molecule has 14 nitrogen and oxygen atoms in total. The van der Waals surface area contributed by atoms with E-state index in [0.717, 1.165) is 17.1 Å². The third kappa shape index (κ3) is 8.90. The molecule has 1 aromatic carbocycles. The molecule has 3 atom stereocenters. The molecule has 3 unspecified atom stereocenters. The number of benzene rings is 1. The lowest BCUT2D eigenvalue weighted by Gasteiger charge is -2.31. The first-order valence-electron chi connectivity index (χ1n) is 12.1. The molecule has 0 bridgehead atoms. The van der Waals surface area contributed by atoms with Crippen LogP contribution in [-0.4, -0.2) is 82.3 Å². The van der Waals surface area contributed by atoms with Gasteiger partial charge in [-0.25, -0.2) is 4.79 Å². The summed E-state index contributed by atoms with van der Waals surface area (Å²) < 4.78 is 16.1. The van der Waals surface area contributed by atoms with E-state index in [4.69, 9.17) is 14.2 Å². The van der Waals surface area contributed by atoms with Crippen LogP contribution in [0.3, 0.4) is 0 Å². The van der Waals surface area contributed by atoms with E-state index in [1.807, 2.05) is 0 Å². The van der Waals surface area contributed by atoms with Crippen LogP contribution in [0, 0.1) is 0 Å². The Kier molecular flexibility index (Phi) is 10.1. The zero-order chi connectivity index (χ0) is 28.5. The van der Waals surface area contributed by atoms with Crippen LogP contribution in [0.15, 0.2) is 30.4 Å². The molecule has 4 amide bonds. The number of carbonyl (C=O) groups is 6. The quantitative estimate of drug-likeness (QED) is 0.200. The smallest absolute Gasteiger partial charge is 0.333 e. The molecule has 0 radical (unpaired) electrons. The van der Waals surface area contributed by atoms with Crippen LogP contribution in [0.1, 0.15) is 38.2 Å². The average Bonchev–Trinajstić information content (AvgIpc) is 3.19. The molecule has 0 aromatic heterocycles. The number of ether oxygens (including phenoxy) is 3. The molecule has 3 rings (SSSR count). The number of hydrogen-bond donors (Lipinski definition) is 4. The molecule has 14 heteroatoms. The van der Waals surface area contributed by atoms with Crippen molar-refractivity contribution in [2.24, 2.45) is 0 Å². The van der Waals surface area contributed by atoms with Crippen molar-refractivity contribution in [3.63, 3.8) is 0 Å². The molecule has 39 heavy (non-hydrogen) atoms. The lowest BCUT2D eigenvalue weighted by atomic mass is 10.1. The van der Waals surface area contributed by atoms with Crippen molar-refractivity contribution in [3.05, 3.63) is 35.9 Å². The predicted molar refractivity (Wildman–Crippen MR) is 131 cm³/mol. The number of hydrogen-bond acceptors (Lipinski definition) is 10. The van der Waals surface area contributed by atoms with E-state index < -0.39 is 54.1 Å². The van der Waals surface area contributed by atoms with Gasteiger partial charge in [0.15, 0.2) is 6.10 Å². The number of rotatable bonds is 12. The van der Waals surface area contributed by atoms with Crippen molar-refractivity contribution in [1.82, 2.24) is 10.2 Å². The minimum atomic E-state index is -1.26. The largest absolute Gasteiger partial charge is 0.479 e. The monoisotopic (exact) mass is 547 g/mol. The fourth-order valence-corrected chi connectivity index (χ4v) is 3.77. The summed E-state index contributed by atoms with van der Waals surface area (Å²) in [6.45, 7) is 1.05. The number of aliphatic hydroxyl groups excluding tert-OH is 1. The summed E-state index contributed by atoms with van der Waals surface area (Å²) in [4.78, 5) is 71.2. The van der Waals surface area contributed by atoms with Crippen LogP contribution in [0.25, 0.3) is 0 Å². The predicted octanol–water partition coefficient (Wildman–Crippen LogP) is -0.161. The molecule has 1 saturated heterocycles. The standard InChI is InChI=1S/C25H29N3O11/c1-14(29)37-13-15-2-3-18(38-24-12-16(30)11-19(39-24)25(35)36)17(10-15)27-21(32)6-8-26-20(31)7-9-28-22(33)4-5-23(28)34/h2-5,10,16,19,24,30H,6-9,11-13H2,1H3,(H,26,31)(H,27,32)(H,35,36). The van der Waals surface area contributed by atoms with Gasteiger partial charge < -0.3 is 35.1 Å². The van der Waals surface area contributed by atoms with Gasteiger partial charge in [-0.2, -0.15) is 0 Å². The first kappa shape index (κ1) is 29.3. The van der Waals surface area contributed by atoms with Gasteiger partial charge in [-0.1, -0.05) is 6.07 Å². The molecule has 210 valence electrons. The number of carboxylic acid groups (broad SMARTS) is 1. The van der Waals surface area contributed by atoms with E-state index in [9.17, 15) is 39.0 Å². The summed E-state index contributed by atoms with van der Waals surface area (Å²) in [7, 11) is 0. The highest BCUT2D eigenvalue weighted by Crippen LogP contribution is 2.30. The van der Waals surface area contributed by atoms with E-state index in [1.54, 1.807) is 6.07 Å². The maximum absolute atomic E-state index is 12.6. The van der Waals surface area contributed by atoms with Gasteiger partial charge >= 0.3 is 11.9 Å². The second-order valence-electron chi connectivity index (χ2n) is 8.81. The minimum Gasteiger partial charge on any atom is -0.479 e. The van der Waals surface area contributed by atoms with Crippen LogP contribution in [-0.2, 0) is 44.8 Å². The molecule has 1 aromatic rings. The van der Waals surface area contributed by atoms with Crippen molar-refractivity contribution < 1.29 is 53.2 Å². The van der Waals surface area contributed by atoms with E-state index in [2.05, 4.69) is 10.6 Å². The summed E-state index contributed by atoms with van der Waals surface area (Å²) in [5.74, 6) is -3.58. The van der Waals surface area contributed by atoms with Gasteiger partial charge in [-0.15, -0.1) is 0 Å². The number of amides is 4. The maximum atomic E-state index is 12.6. The second-order valence-corrected chi connectivity index (χ2v) is 8.81. The van der Waals surface area contributed by atoms with Gasteiger partial charge in [-0.05, 0) is 17.7 Å². The van der Waals surface area contributed by atoms with E-state index in [-0.39, 0.29) is 56.8 Å². The van der Waals surface area contributed by atoms with Crippen molar-refractivity contribution in [1.29, 1.82) is 0 Å². The Morgan fingerprint density at radius 1 is 1.08 bits per heavy atom. The Labute approximate surface area is 222 Å². The van der Waals surface area contributed by atoms with Crippen LogP contribution in [0.5, 0.6) is 5.75 Å². The van der Waals surface area contributed by atoms with E-state index in [1.165, 1.54) is 19.1 Å². The molecule has 2 aliphatic rings. The fraction of sp³-hybridized carbons (Fsp3) is 0.440. The summed E-state index contributed by atoms with van der Waals surface area (Å²) in [5, 5.41) is 24.4. The number of nitrogens with zero attached hydrogens (tertiary/aromatic N) is 1. The molecule has 2 heterocycles. The third-order valence-corrected chi connectivity index (χ3v) is 5.70. The molecule has 1 fully saturated rings. The van der Waals surface area contributed by atoms with Gasteiger partial charge in [0, 0.05) is 57.8 Å². The lowest BCUT2D eigenvalue weighted by molar-refractivity contribution is -0.195. The third-order valence-electron chi connectivity index (χ3n) is 5.70. The summed E-state index contributed by atoms with van der Waals surface area (Å²) >= 11 is 0. The molecular formula is C25H29N3O11. The topological polar surface area (TPSA) is 198 Å². The Morgan fingerprint density at radius 2 is 1.79 bits per heavy atom. The van der Waals surface area contributed by atoms with Gasteiger partial charge in [-0.3, -0.25) is 28.9 Å². The first-order valence-corrected chi connectivity index (χ1v) is 12.1. The fourth-order valence-electron chi connectivity index (χ4n) is 3.77. The average molecular weight is 548 g/mol. The molecule has 0 aliphatic carbocycles. The number of carboxylic acids is 1. The van der Waals surface area contributed by atoms with E-state index >= 15 is 0 Å². The van der Waals surface area contributed by atoms with E-state index in [0.29, 0.717) is 5.56 Å². The highest BCUT2D eigenvalue weighted by molar-refractivity contribution is 6.13. The summed E-state index contributed by atoms with van der Waals surface area (Å²) in [5.41, 5.74) is 0.694. The Balaban J connectivity index is 1.58. The number of nitrogens with one attached hydrogen (secondary N) is 2. The van der Waals surface area contributed by atoms with Crippen LogP contribution in [0.4, 0.5) is 5.69 Å². The first-order chi connectivity index (χ1) is 18.5. The van der Waals surface area contributed by atoms with Crippen molar-refractivity contribution >= 4 is 41.3 Å². The summed E-state index contributed by atoms with van der Waals surface area (Å²) in [6, 6.07) is 4.56. The van der Waals surface area contributed by atoms with Crippen LogP contribution in [0.2, 0.25) is 0 Å². The van der Waals surface area contributed by atoms with Gasteiger partial charge in [0.2, 0.25) is 18.1 Å². The molecule has 4 N–H and O–H groups in total. The molecule has 0 spiro atoms. The number of anilines is 1. The summed E-state index contributed by atoms with van der Waals surface area (Å²) in [6.07, 6.45) is -1.43. The van der Waals surface area contributed by atoms with Gasteiger partial charge in [0.05, 0.1) is 11.8 Å². The number of aliphatic carboxylic acids is 1. The lowest BCUT2D eigenvalue weighted by Crippen LogP contribution is -2.42. The minimum absolute atomic E-state index is 0.00306.